The predicted molar refractivity (Wildman–Crippen MR) is 83.0 cm³/mol. The average molecular weight is 281 g/mol. The van der Waals surface area contributed by atoms with Crippen LogP contribution in [-0.4, -0.2) is 31.1 Å². The van der Waals surface area contributed by atoms with Gasteiger partial charge in [-0.05, 0) is 61.9 Å². The van der Waals surface area contributed by atoms with Crippen LogP contribution >= 0.6 is 12.4 Å². The topological polar surface area (TPSA) is 15.3 Å². The lowest BCUT2D eigenvalue weighted by atomic mass is 9.86. The van der Waals surface area contributed by atoms with E-state index in [1.807, 2.05) is 0 Å². The standard InChI is InChI=1S/C16H24N2.ClH/c1-13-4-3-5-15(14(13)2)10-18-9-7-16(12-18)6-8-17-11-16;/h3-5,17H,6-12H2,1-2H3;1H. The molecular formula is C16H25ClN2. The van der Waals surface area contributed by atoms with Crippen molar-refractivity contribution in [2.24, 2.45) is 5.41 Å². The van der Waals surface area contributed by atoms with Gasteiger partial charge in [0, 0.05) is 19.6 Å². The molecule has 0 saturated carbocycles. The summed E-state index contributed by atoms with van der Waals surface area (Å²) in [5, 5.41) is 3.53. The summed E-state index contributed by atoms with van der Waals surface area (Å²) in [7, 11) is 0. The van der Waals surface area contributed by atoms with Crippen LogP contribution in [0.1, 0.15) is 29.5 Å². The maximum Gasteiger partial charge on any atom is 0.0236 e. The van der Waals surface area contributed by atoms with Gasteiger partial charge in [0.2, 0.25) is 0 Å². The van der Waals surface area contributed by atoms with E-state index in [9.17, 15) is 0 Å². The van der Waals surface area contributed by atoms with Crippen LogP contribution < -0.4 is 5.32 Å². The molecular weight excluding hydrogens is 256 g/mol. The number of nitrogens with zero attached hydrogens (tertiary/aromatic N) is 1. The first-order chi connectivity index (χ1) is 8.69. The molecule has 19 heavy (non-hydrogen) atoms. The second-order valence-electron chi connectivity index (χ2n) is 6.25. The van der Waals surface area contributed by atoms with Gasteiger partial charge < -0.3 is 5.32 Å². The predicted octanol–water partition coefficient (Wildman–Crippen LogP) is 2.91. The molecule has 1 N–H and O–H groups in total. The fourth-order valence-electron chi connectivity index (χ4n) is 3.53. The Bertz CT molecular complexity index is 438. The zero-order valence-corrected chi connectivity index (χ0v) is 12.9. The van der Waals surface area contributed by atoms with Crippen molar-refractivity contribution in [2.45, 2.75) is 33.2 Å². The molecule has 3 heteroatoms. The van der Waals surface area contributed by atoms with Crippen LogP contribution in [0.15, 0.2) is 18.2 Å². The van der Waals surface area contributed by atoms with Gasteiger partial charge in [-0.2, -0.15) is 0 Å². The van der Waals surface area contributed by atoms with Crippen LogP contribution in [-0.2, 0) is 6.54 Å². The summed E-state index contributed by atoms with van der Waals surface area (Å²) >= 11 is 0. The molecule has 1 aromatic rings. The van der Waals surface area contributed by atoms with Crippen LogP contribution in [0.3, 0.4) is 0 Å². The van der Waals surface area contributed by atoms with Gasteiger partial charge in [0.25, 0.3) is 0 Å². The van der Waals surface area contributed by atoms with Crippen molar-refractivity contribution in [3.63, 3.8) is 0 Å². The molecule has 2 aliphatic rings. The molecule has 1 atom stereocenters. The van der Waals surface area contributed by atoms with E-state index in [0.29, 0.717) is 5.41 Å². The maximum absolute atomic E-state index is 3.53. The fourth-order valence-corrected chi connectivity index (χ4v) is 3.53. The summed E-state index contributed by atoms with van der Waals surface area (Å²) in [5.74, 6) is 0. The molecule has 0 aromatic heterocycles. The molecule has 2 fully saturated rings. The molecule has 2 nitrogen and oxygen atoms in total. The first kappa shape index (κ1) is 14.8. The number of rotatable bonds is 2. The lowest BCUT2D eigenvalue weighted by Crippen LogP contribution is -2.29. The molecule has 2 heterocycles. The second kappa shape index (κ2) is 5.82. The number of likely N-dealkylation sites (tertiary alicyclic amines) is 1. The van der Waals surface area contributed by atoms with Gasteiger partial charge in [-0.25, -0.2) is 0 Å². The lowest BCUT2D eigenvalue weighted by Gasteiger charge is -2.23. The van der Waals surface area contributed by atoms with Gasteiger partial charge in [0.15, 0.2) is 0 Å². The van der Waals surface area contributed by atoms with Crippen molar-refractivity contribution >= 4 is 12.4 Å². The minimum absolute atomic E-state index is 0. The Morgan fingerprint density at radius 1 is 1.26 bits per heavy atom. The van der Waals surface area contributed by atoms with Gasteiger partial charge in [0.1, 0.15) is 0 Å². The van der Waals surface area contributed by atoms with Crippen molar-refractivity contribution in [3.05, 3.63) is 34.9 Å². The first-order valence-electron chi connectivity index (χ1n) is 7.17. The molecule has 0 aliphatic carbocycles. The monoisotopic (exact) mass is 280 g/mol. The van der Waals surface area contributed by atoms with Gasteiger partial charge >= 0.3 is 0 Å². The summed E-state index contributed by atoms with van der Waals surface area (Å²) in [4.78, 5) is 2.65. The van der Waals surface area contributed by atoms with Crippen molar-refractivity contribution in [2.75, 3.05) is 26.2 Å². The average Bonchev–Trinajstić information content (AvgIpc) is 2.97. The van der Waals surface area contributed by atoms with E-state index in [1.54, 1.807) is 0 Å². The van der Waals surface area contributed by atoms with Crippen LogP contribution in [0.25, 0.3) is 0 Å². The Morgan fingerprint density at radius 3 is 2.84 bits per heavy atom. The van der Waals surface area contributed by atoms with Crippen molar-refractivity contribution in [1.29, 1.82) is 0 Å². The van der Waals surface area contributed by atoms with E-state index < -0.39 is 0 Å². The third-order valence-corrected chi connectivity index (χ3v) is 4.96. The van der Waals surface area contributed by atoms with E-state index in [2.05, 4.69) is 42.3 Å². The molecule has 1 unspecified atom stereocenters. The van der Waals surface area contributed by atoms with Gasteiger partial charge in [-0.15, -0.1) is 12.4 Å². The summed E-state index contributed by atoms with van der Waals surface area (Å²) in [6.07, 6.45) is 2.75. The molecule has 0 radical (unpaired) electrons. The van der Waals surface area contributed by atoms with Crippen molar-refractivity contribution in [1.82, 2.24) is 10.2 Å². The van der Waals surface area contributed by atoms with E-state index in [0.717, 1.165) is 6.54 Å². The van der Waals surface area contributed by atoms with Gasteiger partial charge in [0.05, 0.1) is 0 Å². The summed E-state index contributed by atoms with van der Waals surface area (Å²) in [6.45, 7) is 10.6. The summed E-state index contributed by atoms with van der Waals surface area (Å²) in [5.41, 5.74) is 5.00. The highest BCUT2D eigenvalue weighted by atomic mass is 35.5. The van der Waals surface area contributed by atoms with Crippen LogP contribution in [0.5, 0.6) is 0 Å². The quantitative estimate of drug-likeness (QED) is 0.896. The summed E-state index contributed by atoms with van der Waals surface area (Å²) in [6, 6.07) is 6.70. The smallest absolute Gasteiger partial charge is 0.0236 e. The largest absolute Gasteiger partial charge is 0.316 e. The zero-order chi connectivity index (χ0) is 12.6. The van der Waals surface area contributed by atoms with E-state index in [1.165, 1.54) is 55.7 Å². The number of hydrogen-bond acceptors (Lipinski definition) is 2. The van der Waals surface area contributed by atoms with E-state index >= 15 is 0 Å². The number of halogens is 1. The SMILES string of the molecule is Cc1cccc(CN2CCC3(CCNC3)C2)c1C.Cl. The second-order valence-corrected chi connectivity index (χ2v) is 6.25. The molecule has 2 aliphatic heterocycles. The number of aryl methyl sites for hydroxylation is 1. The maximum atomic E-state index is 3.53. The third kappa shape index (κ3) is 2.96. The summed E-state index contributed by atoms with van der Waals surface area (Å²) < 4.78 is 0. The third-order valence-electron chi connectivity index (χ3n) is 4.96. The minimum atomic E-state index is 0. The highest BCUT2D eigenvalue weighted by Gasteiger charge is 2.40. The normalized spacial score (nSPS) is 26.8. The molecule has 3 rings (SSSR count). The van der Waals surface area contributed by atoms with Crippen molar-refractivity contribution < 1.29 is 0 Å². The molecule has 0 bridgehead atoms. The Labute approximate surface area is 123 Å². The molecule has 1 spiro atoms. The molecule has 2 saturated heterocycles. The van der Waals surface area contributed by atoms with Crippen molar-refractivity contribution in [3.8, 4) is 0 Å². The lowest BCUT2D eigenvalue weighted by molar-refractivity contribution is 0.268. The Balaban J connectivity index is 0.00000133. The first-order valence-corrected chi connectivity index (χ1v) is 7.17. The van der Waals surface area contributed by atoms with Crippen LogP contribution in [0.2, 0.25) is 0 Å². The van der Waals surface area contributed by atoms with E-state index in [-0.39, 0.29) is 12.4 Å². The number of nitrogens with one attached hydrogen (secondary N) is 1. The zero-order valence-electron chi connectivity index (χ0n) is 12.0. The Morgan fingerprint density at radius 2 is 2.11 bits per heavy atom. The van der Waals surface area contributed by atoms with E-state index in [4.69, 9.17) is 0 Å². The highest BCUT2D eigenvalue weighted by Crippen LogP contribution is 2.36. The Hall–Kier alpha value is -0.570. The molecule has 0 amide bonds. The minimum Gasteiger partial charge on any atom is -0.316 e. The van der Waals surface area contributed by atoms with Crippen LogP contribution in [0, 0.1) is 19.3 Å². The number of hydrogen-bond donors (Lipinski definition) is 1. The number of benzene rings is 1. The highest BCUT2D eigenvalue weighted by molar-refractivity contribution is 5.85. The fraction of sp³-hybridized carbons (Fsp3) is 0.625. The van der Waals surface area contributed by atoms with Gasteiger partial charge in [-0.1, -0.05) is 18.2 Å². The van der Waals surface area contributed by atoms with Crippen LogP contribution in [0.4, 0.5) is 0 Å². The Kier molecular flexibility index (Phi) is 4.54. The van der Waals surface area contributed by atoms with Gasteiger partial charge in [-0.3, -0.25) is 4.90 Å². The molecule has 106 valence electrons. The molecule has 1 aromatic carbocycles.